The Hall–Kier alpha value is -1.91. The maximum Gasteiger partial charge on any atom is 0.231 e. The molecule has 2 aromatic rings. The van der Waals surface area contributed by atoms with Crippen LogP contribution in [0.4, 0.5) is 0 Å². The summed E-state index contributed by atoms with van der Waals surface area (Å²) in [6, 6.07) is 11.8. The highest BCUT2D eigenvalue weighted by Crippen LogP contribution is 2.38. The Bertz CT molecular complexity index is 807. The maximum atomic E-state index is 6.11. The van der Waals surface area contributed by atoms with Crippen molar-refractivity contribution in [2.75, 3.05) is 13.8 Å². The fourth-order valence-electron chi connectivity index (χ4n) is 2.92. The molecule has 2 aliphatic rings. The summed E-state index contributed by atoms with van der Waals surface area (Å²) >= 11 is 12.1. The Labute approximate surface area is 144 Å². The van der Waals surface area contributed by atoms with Crippen LogP contribution < -0.4 is 9.47 Å². The summed E-state index contributed by atoms with van der Waals surface area (Å²) in [4.78, 5) is 0. The number of fused-ring (bicyclic) bond motifs is 1. The van der Waals surface area contributed by atoms with E-state index in [4.69, 9.17) is 32.7 Å². The highest BCUT2D eigenvalue weighted by Gasteiger charge is 2.28. The molecule has 1 atom stereocenters. The zero-order chi connectivity index (χ0) is 16.0. The molecule has 0 spiro atoms. The third-order valence-electron chi connectivity index (χ3n) is 4.15. The first kappa shape index (κ1) is 14.7. The average Bonchev–Trinajstić information content (AvgIpc) is 3.15. The van der Waals surface area contributed by atoms with Gasteiger partial charge in [0, 0.05) is 13.5 Å². The molecule has 0 fully saturated rings. The number of benzene rings is 2. The highest BCUT2D eigenvalue weighted by atomic mass is 35.5. The average molecular weight is 349 g/mol. The van der Waals surface area contributed by atoms with Gasteiger partial charge in [0.25, 0.3) is 0 Å². The molecule has 0 N–H and O–H groups in total. The molecule has 0 unspecified atom stereocenters. The van der Waals surface area contributed by atoms with E-state index in [0.29, 0.717) is 10.0 Å². The van der Waals surface area contributed by atoms with Gasteiger partial charge in [-0.15, -0.1) is 0 Å². The lowest BCUT2D eigenvalue weighted by atomic mass is 9.98. The van der Waals surface area contributed by atoms with Crippen LogP contribution >= 0.6 is 23.2 Å². The van der Waals surface area contributed by atoms with Gasteiger partial charge in [0.15, 0.2) is 11.5 Å². The number of ether oxygens (including phenoxy) is 2. The molecular weight excluding hydrogens is 335 g/mol. The topological polar surface area (TPSA) is 34.1 Å². The van der Waals surface area contributed by atoms with Crippen molar-refractivity contribution in [1.29, 1.82) is 0 Å². The van der Waals surface area contributed by atoms with E-state index in [2.05, 4.69) is 11.2 Å². The van der Waals surface area contributed by atoms with E-state index in [0.717, 1.165) is 34.8 Å². The molecule has 4 nitrogen and oxygen atoms in total. The van der Waals surface area contributed by atoms with Gasteiger partial charge in [-0.05, 0) is 35.4 Å². The van der Waals surface area contributed by atoms with E-state index in [-0.39, 0.29) is 12.8 Å². The van der Waals surface area contributed by atoms with Crippen molar-refractivity contribution in [3.8, 4) is 11.5 Å². The van der Waals surface area contributed by atoms with E-state index in [1.807, 2.05) is 36.3 Å². The molecule has 2 aliphatic heterocycles. The summed E-state index contributed by atoms with van der Waals surface area (Å²) in [5.41, 5.74) is 3.14. The number of hydrogen-bond acceptors (Lipinski definition) is 4. The predicted octanol–water partition coefficient (Wildman–Crippen LogP) is 4.50. The zero-order valence-corrected chi connectivity index (χ0v) is 13.9. The third kappa shape index (κ3) is 2.62. The van der Waals surface area contributed by atoms with Gasteiger partial charge < -0.3 is 9.47 Å². The number of hydrogen-bond donors (Lipinski definition) is 0. The van der Waals surface area contributed by atoms with Crippen LogP contribution in [0.5, 0.6) is 11.5 Å². The summed E-state index contributed by atoms with van der Waals surface area (Å²) in [5, 5.41) is 7.72. The van der Waals surface area contributed by atoms with E-state index in [1.165, 1.54) is 0 Å². The second-order valence-corrected chi connectivity index (χ2v) is 6.40. The Morgan fingerprint density at radius 1 is 1.04 bits per heavy atom. The van der Waals surface area contributed by atoms with Gasteiger partial charge in [-0.2, -0.15) is 5.10 Å². The zero-order valence-electron chi connectivity index (χ0n) is 12.4. The van der Waals surface area contributed by atoms with Crippen molar-refractivity contribution >= 4 is 28.9 Å². The second kappa shape index (κ2) is 5.62. The highest BCUT2D eigenvalue weighted by molar-refractivity contribution is 6.42. The lowest BCUT2D eigenvalue weighted by Gasteiger charge is -2.19. The van der Waals surface area contributed by atoms with Crippen LogP contribution in [0.2, 0.25) is 10.0 Å². The van der Waals surface area contributed by atoms with Crippen molar-refractivity contribution < 1.29 is 9.47 Å². The smallest absolute Gasteiger partial charge is 0.231 e. The molecule has 4 rings (SSSR count). The summed E-state index contributed by atoms with van der Waals surface area (Å²) < 4.78 is 10.8. The van der Waals surface area contributed by atoms with Crippen LogP contribution in [-0.4, -0.2) is 24.6 Å². The minimum atomic E-state index is 0.161. The number of halogens is 2. The standard InChI is InChI=1S/C17H14Cl2N2O2/c1-21-15(11-3-5-16-17(7-11)23-9-22-16)8-14(20-21)10-2-4-12(18)13(19)6-10/h2-7,15H,8-9H2,1H3/t15-/m1/s1. The van der Waals surface area contributed by atoms with Crippen molar-refractivity contribution in [3.63, 3.8) is 0 Å². The van der Waals surface area contributed by atoms with Gasteiger partial charge in [-0.1, -0.05) is 35.3 Å². The monoisotopic (exact) mass is 348 g/mol. The van der Waals surface area contributed by atoms with Crippen LogP contribution in [0.1, 0.15) is 23.6 Å². The Morgan fingerprint density at radius 3 is 2.70 bits per heavy atom. The SMILES string of the molecule is CN1N=C(c2ccc(Cl)c(Cl)c2)C[C@@H]1c1ccc2c(c1)OCO2. The summed E-state index contributed by atoms with van der Waals surface area (Å²) in [6.45, 7) is 0.282. The molecule has 0 radical (unpaired) electrons. The molecular formula is C17H14Cl2N2O2. The van der Waals surface area contributed by atoms with Gasteiger partial charge in [-0.3, -0.25) is 5.01 Å². The molecule has 6 heteroatoms. The number of rotatable bonds is 2. The molecule has 0 aliphatic carbocycles. The predicted molar refractivity (Wildman–Crippen MR) is 90.7 cm³/mol. The van der Waals surface area contributed by atoms with Crippen LogP contribution in [-0.2, 0) is 0 Å². The third-order valence-corrected chi connectivity index (χ3v) is 4.89. The molecule has 2 aromatic carbocycles. The van der Waals surface area contributed by atoms with E-state index >= 15 is 0 Å². The van der Waals surface area contributed by atoms with Crippen molar-refractivity contribution in [1.82, 2.24) is 5.01 Å². The largest absolute Gasteiger partial charge is 0.454 e. The van der Waals surface area contributed by atoms with Crippen LogP contribution in [0.3, 0.4) is 0 Å². The molecule has 0 saturated carbocycles. The lowest BCUT2D eigenvalue weighted by molar-refractivity contribution is 0.174. The number of nitrogens with zero attached hydrogens (tertiary/aromatic N) is 2. The summed E-state index contributed by atoms with van der Waals surface area (Å²) in [6.07, 6.45) is 0.800. The minimum absolute atomic E-state index is 0.161. The quantitative estimate of drug-likeness (QED) is 0.800. The van der Waals surface area contributed by atoms with E-state index in [9.17, 15) is 0 Å². The molecule has 0 bridgehead atoms. The first-order valence-corrected chi connectivity index (χ1v) is 8.03. The number of hydrazone groups is 1. The maximum absolute atomic E-state index is 6.11. The molecule has 0 saturated heterocycles. The van der Waals surface area contributed by atoms with Crippen LogP contribution in [0.25, 0.3) is 0 Å². The van der Waals surface area contributed by atoms with Crippen molar-refractivity contribution in [2.24, 2.45) is 5.10 Å². The van der Waals surface area contributed by atoms with E-state index < -0.39 is 0 Å². The first-order valence-electron chi connectivity index (χ1n) is 7.27. The van der Waals surface area contributed by atoms with Gasteiger partial charge in [0.05, 0.1) is 21.8 Å². The van der Waals surface area contributed by atoms with Gasteiger partial charge in [0.2, 0.25) is 6.79 Å². The Kier molecular flexibility index (Phi) is 3.58. The molecule has 23 heavy (non-hydrogen) atoms. The summed E-state index contributed by atoms with van der Waals surface area (Å²) in [5.74, 6) is 1.58. The van der Waals surface area contributed by atoms with Gasteiger partial charge >= 0.3 is 0 Å². The van der Waals surface area contributed by atoms with Crippen molar-refractivity contribution in [3.05, 3.63) is 57.6 Å². The fraction of sp³-hybridized carbons (Fsp3) is 0.235. The molecule has 0 amide bonds. The second-order valence-electron chi connectivity index (χ2n) is 5.58. The fourth-order valence-corrected chi connectivity index (χ4v) is 3.22. The first-order chi connectivity index (χ1) is 11.1. The van der Waals surface area contributed by atoms with Gasteiger partial charge in [-0.25, -0.2) is 0 Å². The Morgan fingerprint density at radius 2 is 1.87 bits per heavy atom. The normalized spacial score (nSPS) is 19.2. The minimum Gasteiger partial charge on any atom is -0.454 e. The molecule has 118 valence electrons. The van der Waals surface area contributed by atoms with Gasteiger partial charge in [0.1, 0.15) is 0 Å². The molecule has 0 aromatic heterocycles. The van der Waals surface area contributed by atoms with Crippen molar-refractivity contribution in [2.45, 2.75) is 12.5 Å². The van der Waals surface area contributed by atoms with Crippen LogP contribution in [0.15, 0.2) is 41.5 Å². The lowest BCUT2D eigenvalue weighted by Crippen LogP contribution is -2.13. The Balaban J connectivity index is 1.60. The van der Waals surface area contributed by atoms with E-state index in [1.54, 1.807) is 6.07 Å². The summed E-state index contributed by atoms with van der Waals surface area (Å²) in [7, 11) is 1.97. The van der Waals surface area contributed by atoms with Crippen LogP contribution in [0, 0.1) is 0 Å². The molecule has 2 heterocycles.